The van der Waals surface area contributed by atoms with Gasteiger partial charge in [-0.15, -0.1) is 11.6 Å². The van der Waals surface area contributed by atoms with Gasteiger partial charge in [-0.05, 0) is 6.92 Å². The van der Waals surface area contributed by atoms with E-state index in [1.807, 2.05) is 0 Å². The van der Waals surface area contributed by atoms with Crippen molar-refractivity contribution in [3.8, 4) is 0 Å². The van der Waals surface area contributed by atoms with Crippen LogP contribution in [0.3, 0.4) is 0 Å². The highest BCUT2D eigenvalue weighted by molar-refractivity contribution is 9.10. The van der Waals surface area contributed by atoms with Gasteiger partial charge in [0.05, 0.1) is 6.61 Å². The summed E-state index contributed by atoms with van der Waals surface area (Å²) in [5.41, 5.74) is 0. The summed E-state index contributed by atoms with van der Waals surface area (Å²) in [6, 6.07) is 0. The van der Waals surface area contributed by atoms with Crippen LogP contribution in [0, 0.1) is 0 Å². The number of alkyl halides is 2. The average Bonchev–Trinajstić information content (AvgIpc) is 1.35. The monoisotopic (exact) mass is 172 g/mol. The van der Waals surface area contributed by atoms with Crippen molar-refractivity contribution in [1.82, 2.24) is 0 Å². The minimum atomic E-state index is -0.618. The Hall–Kier alpha value is 0.730. The Morgan fingerprint density at radius 2 is 2.17 bits per heavy atom. The van der Waals surface area contributed by atoms with Crippen molar-refractivity contribution in [3.63, 3.8) is 0 Å². The predicted molar refractivity (Wildman–Crippen MR) is 30.3 cm³/mol. The van der Waals surface area contributed by atoms with E-state index in [0.717, 1.165) is 0 Å². The van der Waals surface area contributed by atoms with Gasteiger partial charge in [0, 0.05) is 0 Å². The fourth-order valence-electron chi connectivity index (χ4n) is 0. The van der Waals surface area contributed by atoms with E-state index in [1.54, 1.807) is 6.92 Å². The van der Waals surface area contributed by atoms with Crippen LogP contribution in [0.1, 0.15) is 6.92 Å². The zero-order chi connectivity index (χ0) is 5.21. The summed E-state index contributed by atoms with van der Waals surface area (Å²) >= 11 is 8.38. The van der Waals surface area contributed by atoms with Gasteiger partial charge >= 0.3 is 0 Å². The van der Waals surface area contributed by atoms with Crippen LogP contribution in [0.4, 0.5) is 0 Å². The van der Waals surface area contributed by atoms with E-state index in [2.05, 4.69) is 15.9 Å². The van der Waals surface area contributed by atoms with E-state index in [0.29, 0.717) is 0 Å². The molecule has 0 aromatic heterocycles. The molecule has 1 atom stereocenters. The minimum Gasteiger partial charge on any atom is -0.394 e. The Bertz CT molecular complexity index is 40.5. The second-order valence-electron chi connectivity index (χ2n) is 1.23. The van der Waals surface area contributed by atoms with Gasteiger partial charge in [-0.1, -0.05) is 15.9 Å². The second-order valence-corrected chi connectivity index (χ2v) is 4.27. The van der Waals surface area contributed by atoms with E-state index < -0.39 is 3.78 Å². The summed E-state index contributed by atoms with van der Waals surface area (Å²) in [6.45, 7) is 1.63. The molecule has 1 N–H and O–H groups in total. The van der Waals surface area contributed by atoms with Crippen LogP contribution in [0.25, 0.3) is 0 Å². The van der Waals surface area contributed by atoms with Gasteiger partial charge in [0.15, 0.2) is 0 Å². The molecule has 0 aromatic carbocycles. The molecule has 38 valence electrons. The summed E-state index contributed by atoms with van der Waals surface area (Å²) in [5.74, 6) is 0. The molecule has 0 amide bonds. The van der Waals surface area contributed by atoms with Gasteiger partial charge in [0.2, 0.25) is 0 Å². The fraction of sp³-hybridized carbons (Fsp3) is 1.00. The first-order valence-corrected chi connectivity index (χ1v) is 2.72. The Kier molecular flexibility index (Phi) is 2.41. The molecule has 0 rings (SSSR count). The average molecular weight is 173 g/mol. The fourth-order valence-corrected chi connectivity index (χ4v) is 0. The van der Waals surface area contributed by atoms with Gasteiger partial charge in [-0.25, -0.2) is 0 Å². The van der Waals surface area contributed by atoms with E-state index in [4.69, 9.17) is 16.7 Å². The van der Waals surface area contributed by atoms with Crippen molar-refractivity contribution in [1.29, 1.82) is 0 Å². The van der Waals surface area contributed by atoms with Crippen molar-refractivity contribution in [2.24, 2.45) is 0 Å². The van der Waals surface area contributed by atoms with Crippen molar-refractivity contribution in [3.05, 3.63) is 0 Å². The molecule has 0 heterocycles. The molecule has 0 saturated carbocycles. The normalized spacial score (nSPS) is 20.0. The van der Waals surface area contributed by atoms with Gasteiger partial charge in [-0.2, -0.15) is 0 Å². The lowest BCUT2D eigenvalue weighted by Gasteiger charge is -2.05. The van der Waals surface area contributed by atoms with Crippen molar-refractivity contribution in [2.45, 2.75) is 10.7 Å². The van der Waals surface area contributed by atoms with Crippen molar-refractivity contribution >= 4 is 27.5 Å². The first kappa shape index (κ1) is 6.73. The molecule has 6 heavy (non-hydrogen) atoms. The lowest BCUT2D eigenvalue weighted by Crippen LogP contribution is -2.10. The Labute approximate surface area is 50.4 Å². The quantitative estimate of drug-likeness (QED) is 0.593. The Morgan fingerprint density at radius 1 is 2.00 bits per heavy atom. The zero-order valence-corrected chi connectivity index (χ0v) is 5.75. The molecule has 0 aliphatic carbocycles. The van der Waals surface area contributed by atoms with Crippen molar-refractivity contribution in [2.75, 3.05) is 6.61 Å². The van der Waals surface area contributed by atoms with Crippen molar-refractivity contribution < 1.29 is 5.11 Å². The van der Waals surface area contributed by atoms with E-state index in [9.17, 15) is 0 Å². The topological polar surface area (TPSA) is 20.2 Å². The lowest BCUT2D eigenvalue weighted by atomic mass is 10.5. The molecular weight excluding hydrogens is 167 g/mol. The number of aliphatic hydroxyl groups is 1. The maximum Gasteiger partial charge on any atom is 0.119 e. The third-order valence-corrected chi connectivity index (χ3v) is 0.648. The molecule has 1 unspecified atom stereocenters. The van der Waals surface area contributed by atoms with Gasteiger partial charge in [0.25, 0.3) is 0 Å². The summed E-state index contributed by atoms with van der Waals surface area (Å²) in [5, 5.41) is 8.22. The first-order valence-electron chi connectivity index (χ1n) is 1.55. The van der Waals surface area contributed by atoms with Gasteiger partial charge < -0.3 is 5.11 Å². The van der Waals surface area contributed by atoms with Crippen LogP contribution in [0.5, 0.6) is 0 Å². The molecule has 0 spiro atoms. The summed E-state index contributed by atoms with van der Waals surface area (Å²) in [6.07, 6.45) is 0. The molecule has 1 nitrogen and oxygen atoms in total. The molecule has 0 bridgehead atoms. The van der Waals surface area contributed by atoms with Crippen LogP contribution in [-0.2, 0) is 0 Å². The standard InChI is InChI=1S/C3H6BrClO/c1-3(4,5)2-6/h6H,2H2,1H3. The molecule has 0 aliphatic rings. The van der Waals surface area contributed by atoms with E-state index in [1.165, 1.54) is 0 Å². The number of hydrogen-bond donors (Lipinski definition) is 1. The summed E-state index contributed by atoms with van der Waals surface area (Å²) in [7, 11) is 0. The minimum absolute atomic E-state index is 0.0471. The lowest BCUT2D eigenvalue weighted by molar-refractivity contribution is 0.290. The molecule has 0 aromatic rings. The largest absolute Gasteiger partial charge is 0.394 e. The maximum atomic E-state index is 8.22. The molecule has 0 radical (unpaired) electrons. The predicted octanol–water partition coefficient (Wildman–Crippen LogP) is 1.33. The highest BCUT2D eigenvalue weighted by Gasteiger charge is 2.11. The van der Waals surface area contributed by atoms with Gasteiger partial charge in [-0.3, -0.25) is 0 Å². The number of hydrogen-bond acceptors (Lipinski definition) is 1. The molecular formula is C3H6BrClO. The number of rotatable bonds is 1. The van der Waals surface area contributed by atoms with Crippen LogP contribution in [-0.4, -0.2) is 15.5 Å². The number of aliphatic hydroxyl groups excluding tert-OH is 1. The zero-order valence-electron chi connectivity index (χ0n) is 3.41. The molecule has 0 fully saturated rings. The SMILES string of the molecule is CC(Cl)(Br)CO. The first-order chi connectivity index (χ1) is 2.56. The number of halogens is 2. The van der Waals surface area contributed by atoms with Crippen LogP contribution in [0.2, 0.25) is 0 Å². The third-order valence-electron chi connectivity index (χ3n) is 0.278. The molecule has 0 saturated heterocycles. The van der Waals surface area contributed by atoms with Crippen LogP contribution >= 0.6 is 27.5 Å². The molecule has 3 heteroatoms. The highest BCUT2D eigenvalue weighted by Crippen LogP contribution is 2.19. The third kappa shape index (κ3) is 4.73. The van der Waals surface area contributed by atoms with Gasteiger partial charge in [0.1, 0.15) is 3.78 Å². The summed E-state index contributed by atoms with van der Waals surface area (Å²) < 4.78 is -0.618. The second kappa shape index (κ2) is 2.15. The Balaban J connectivity index is 3.17. The smallest absolute Gasteiger partial charge is 0.119 e. The Morgan fingerprint density at radius 3 is 2.17 bits per heavy atom. The van der Waals surface area contributed by atoms with E-state index in [-0.39, 0.29) is 6.61 Å². The van der Waals surface area contributed by atoms with E-state index >= 15 is 0 Å². The van der Waals surface area contributed by atoms with Crippen LogP contribution in [0.15, 0.2) is 0 Å². The highest BCUT2D eigenvalue weighted by atomic mass is 79.9. The summed E-state index contributed by atoms with van der Waals surface area (Å²) in [4.78, 5) is 0. The molecule has 0 aliphatic heterocycles. The van der Waals surface area contributed by atoms with Crippen LogP contribution < -0.4 is 0 Å². The maximum absolute atomic E-state index is 8.22.